The Morgan fingerprint density at radius 1 is 0.159 bits per heavy atom. The molecule has 0 nitrogen and oxygen atoms in total. The first-order valence-electron chi connectivity index (χ1n) is 22.2. The summed E-state index contributed by atoms with van der Waals surface area (Å²) in [5.41, 5.74) is 21.5. The zero-order chi connectivity index (χ0) is 41.6. The Morgan fingerprint density at radius 2 is 0.381 bits per heavy atom. The average molecular weight is 799 g/mol. The predicted molar refractivity (Wildman–Crippen MR) is 258 cm³/mol. The summed E-state index contributed by atoms with van der Waals surface area (Å²) in [5.74, 6) is 0. The molecule has 0 atom stereocenters. The molecule has 0 radical (unpaired) electrons. The zero-order valence-corrected chi connectivity index (χ0v) is 34.7. The maximum atomic E-state index is 2.60. The second-order valence-corrected chi connectivity index (χ2v) is 17.4. The van der Waals surface area contributed by atoms with Crippen LogP contribution in [0.15, 0.2) is 255 Å². The fourth-order valence-electron chi connectivity index (χ4n) is 12.4. The highest BCUT2D eigenvalue weighted by atomic mass is 14.5. The molecule has 63 heavy (non-hydrogen) atoms. The van der Waals surface area contributed by atoms with Crippen molar-refractivity contribution in [2.24, 2.45) is 0 Å². The number of rotatable bonds is 6. The topological polar surface area (TPSA) is 0 Å². The van der Waals surface area contributed by atoms with Gasteiger partial charge in [-0.25, -0.2) is 0 Å². The molecule has 0 aliphatic heterocycles. The molecular formula is C63H42. The molecule has 0 bridgehead atoms. The summed E-state index contributed by atoms with van der Waals surface area (Å²) >= 11 is 0. The summed E-state index contributed by atoms with van der Waals surface area (Å²) in [6.45, 7) is 0. The Hall–Kier alpha value is -7.80. The molecule has 10 aromatic rings. The van der Waals surface area contributed by atoms with Gasteiger partial charge in [0.05, 0.1) is 16.2 Å². The van der Waals surface area contributed by atoms with Gasteiger partial charge in [-0.3, -0.25) is 0 Å². The first kappa shape index (κ1) is 35.9. The van der Waals surface area contributed by atoms with Crippen molar-refractivity contribution >= 4 is 0 Å². The Bertz CT molecular complexity index is 3070. The van der Waals surface area contributed by atoms with Crippen molar-refractivity contribution in [3.8, 4) is 33.4 Å². The van der Waals surface area contributed by atoms with E-state index < -0.39 is 16.2 Å². The lowest BCUT2D eigenvalue weighted by molar-refractivity contribution is 0.732. The van der Waals surface area contributed by atoms with Crippen LogP contribution in [0.1, 0.15) is 66.8 Å². The van der Waals surface area contributed by atoms with Gasteiger partial charge >= 0.3 is 0 Å². The van der Waals surface area contributed by atoms with E-state index in [-0.39, 0.29) is 0 Å². The average Bonchev–Trinajstić information content (AvgIpc) is 3.96. The van der Waals surface area contributed by atoms with Crippen molar-refractivity contribution in [1.82, 2.24) is 0 Å². The molecule has 0 aromatic heterocycles. The Balaban J connectivity index is 1.16. The zero-order valence-electron chi connectivity index (χ0n) is 34.7. The predicted octanol–water partition coefficient (Wildman–Crippen LogP) is 14.8. The van der Waals surface area contributed by atoms with Crippen molar-refractivity contribution < 1.29 is 0 Å². The van der Waals surface area contributed by atoms with E-state index in [0.717, 1.165) is 0 Å². The third-order valence-corrected chi connectivity index (χ3v) is 14.7. The fourth-order valence-corrected chi connectivity index (χ4v) is 12.4. The highest BCUT2D eigenvalue weighted by Crippen LogP contribution is 2.62. The van der Waals surface area contributed by atoms with Crippen molar-refractivity contribution in [2.45, 2.75) is 16.2 Å². The number of hydrogen-bond acceptors (Lipinski definition) is 0. The van der Waals surface area contributed by atoms with Crippen LogP contribution in [0.25, 0.3) is 33.4 Å². The lowest BCUT2D eigenvalue weighted by Gasteiger charge is -2.38. The lowest BCUT2D eigenvalue weighted by Crippen LogP contribution is -2.32. The Labute approximate surface area is 369 Å². The van der Waals surface area contributed by atoms with Gasteiger partial charge in [-0.2, -0.15) is 0 Å². The number of hydrogen-bond donors (Lipinski definition) is 0. The molecule has 0 amide bonds. The van der Waals surface area contributed by atoms with E-state index in [1.54, 1.807) is 0 Å². The molecule has 0 fully saturated rings. The van der Waals surface area contributed by atoms with Gasteiger partial charge in [0, 0.05) is 0 Å². The number of benzene rings is 10. The molecule has 0 spiro atoms. The van der Waals surface area contributed by atoms with Gasteiger partial charge < -0.3 is 0 Å². The molecule has 13 rings (SSSR count). The van der Waals surface area contributed by atoms with Crippen LogP contribution in [0, 0.1) is 0 Å². The third kappa shape index (κ3) is 4.65. The van der Waals surface area contributed by atoms with Crippen LogP contribution < -0.4 is 0 Å². The largest absolute Gasteiger partial charge is 0.0713 e. The normalized spacial score (nSPS) is 15.0. The summed E-state index contributed by atoms with van der Waals surface area (Å²) in [6.07, 6.45) is 0. The minimum Gasteiger partial charge on any atom is -0.0622 e. The van der Waals surface area contributed by atoms with Crippen molar-refractivity contribution in [3.63, 3.8) is 0 Å². The standard InChI is InChI=1S/C63H42/c1-5-21-43(22-6-1)61(44-23-7-2-8-24-44)55-33-17-15-31-51(55)53-39-37-47(41-59(53)61)63(57-35-19-13-29-49(57)50-30-14-20-36-58(50)63)48-38-40-54-52-32-16-18-34-56(52)62(60(54)42-48,45-25-9-3-10-26-45)46-27-11-4-12-28-46/h1-42H. The van der Waals surface area contributed by atoms with Gasteiger partial charge in [0.15, 0.2) is 0 Å². The second-order valence-electron chi connectivity index (χ2n) is 17.4. The highest BCUT2D eigenvalue weighted by molar-refractivity contribution is 5.92. The minimum atomic E-state index is -0.640. The second kappa shape index (κ2) is 13.6. The van der Waals surface area contributed by atoms with Crippen molar-refractivity contribution in [1.29, 1.82) is 0 Å². The van der Waals surface area contributed by atoms with E-state index in [2.05, 4.69) is 255 Å². The molecular weight excluding hydrogens is 757 g/mol. The SMILES string of the molecule is c1ccc(C2(c3ccccc3)c3ccccc3-c3ccc(C4(c5ccc6c(c5)C(c5ccccc5)(c5ccccc5)c5ccccc5-6)c5ccccc5-c5ccccc54)cc32)cc1. The van der Waals surface area contributed by atoms with Crippen LogP contribution in [0.3, 0.4) is 0 Å². The monoisotopic (exact) mass is 798 g/mol. The summed E-state index contributed by atoms with van der Waals surface area (Å²) < 4.78 is 0. The van der Waals surface area contributed by atoms with E-state index >= 15 is 0 Å². The van der Waals surface area contributed by atoms with Crippen molar-refractivity contribution in [3.05, 3.63) is 322 Å². The van der Waals surface area contributed by atoms with Crippen molar-refractivity contribution in [2.75, 3.05) is 0 Å². The summed E-state index contributed by atoms with van der Waals surface area (Å²) in [5, 5.41) is 0. The molecule has 0 unspecified atom stereocenters. The van der Waals surface area contributed by atoms with Gasteiger partial charge in [-0.05, 0) is 100 Å². The molecule has 3 aliphatic carbocycles. The molecule has 10 aromatic carbocycles. The molecule has 0 heteroatoms. The van der Waals surface area contributed by atoms with Crippen LogP contribution in [-0.4, -0.2) is 0 Å². The molecule has 294 valence electrons. The van der Waals surface area contributed by atoms with Crippen LogP contribution in [0.2, 0.25) is 0 Å². The van der Waals surface area contributed by atoms with Crippen LogP contribution in [-0.2, 0) is 16.2 Å². The summed E-state index contributed by atoms with van der Waals surface area (Å²) in [4.78, 5) is 0. The maximum Gasteiger partial charge on any atom is 0.0713 e. The molecule has 0 saturated carbocycles. The first-order chi connectivity index (χ1) is 31.3. The fraction of sp³-hybridized carbons (Fsp3) is 0.0476. The quantitative estimate of drug-likeness (QED) is 0.157. The van der Waals surface area contributed by atoms with Crippen LogP contribution in [0.4, 0.5) is 0 Å². The van der Waals surface area contributed by atoms with Crippen LogP contribution in [0.5, 0.6) is 0 Å². The molecule has 3 aliphatic rings. The molecule has 0 saturated heterocycles. The van der Waals surface area contributed by atoms with E-state index in [9.17, 15) is 0 Å². The van der Waals surface area contributed by atoms with Gasteiger partial charge in [0.1, 0.15) is 0 Å². The Morgan fingerprint density at radius 3 is 0.667 bits per heavy atom. The highest BCUT2D eigenvalue weighted by Gasteiger charge is 2.52. The number of fused-ring (bicyclic) bond motifs is 9. The Kier molecular flexibility index (Phi) is 7.75. The van der Waals surface area contributed by atoms with Gasteiger partial charge in [0.25, 0.3) is 0 Å². The minimum absolute atomic E-state index is 0.529. The van der Waals surface area contributed by atoms with Crippen LogP contribution >= 0.6 is 0 Å². The van der Waals surface area contributed by atoms with E-state index in [0.29, 0.717) is 0 Å². The summed E-state index contributed by atoms with van der Waals surface area (Å²) in [7, 11) is 0. The lowest BCUT2D eigenvalue weighted by atomic mass is 9.63. The van der Waals surface area contributed by atoms with Gasteiger partial charge in [0.2, 0.25) is 0 Å². The van der Waals surface area contributed by atoms with E-state index in [4.69, 9.17) is 0 Å². The summed E-state index contributed by atoms with van der Waals surface area (Å²) in [6, 6.07) is 96.2. The first-order valence-corrected chi connectivity index (χ1v) is 22.2. The molecule has 0 N–H and O–H groups in total. The van der Waals surface area contributed by atoms with Gasteiger partial charge in [-0.15, -0.1) is 0 Å². The third-order valence-electron chi connectivity index (χ3n) is 14.7. The molecule has 0 heterocycles. The van der Waals surface area contributed by atoms with Gasteiger partial charge in [-0.1, -0.05) is 255 Å². The maximum absolute atomic E-state index is 2.60. The van der Waals surface area contributed by atoms with E-state index in [1.807, 2.05) is 0 Å². The smallest absolute Gasteiger partial charge is 0.0622 e. The van der Waals surface area contributed by atoms with E-state index in [1.165, 1.54) is 100 Å².